The molecule has 0 saturated heterocycles. The number of nitrogens with two attached hydrogens (primary N) is 1. The second-order valence-corrected chi connectivity index (χ2v) is 6.16. The van der Waals surface area contributed by atoms with Crippen LogP contribution in [0.3, 0.4) is 0 Å². The standard InChI is InChI=1S/C22H16F2N4O/c23-16-11-5-4-10-15(16)21-27-22(29-28-21)19(25)20(14-8-2-1-3-9-14)26-18-13-7-6-12-17(18)24/h1-13,26H,25H2/b20-19-. The molecule has 0 aliphatic heterocycles. The topological polar surface area (TPSA) is 77.0 Å². The van der Waals surface area contributed by atoms with Crippen molar-refractivity contribution in [3.05, 3.63) is 102 Å². The number of benzene rings is 3. The normalized spacial score (nSPS) is 11.8. The first kappa shape index (κ1) is 18.4. The SMILES string of the molecule is N/C(=C(\Nc1ccccc1F)c1ccccc1)c1nc(-c2ccccc2F)no1. The van der Waals surface area contributed by atoms with Gasteiger partial charge in [0.2, 0.25) is 5.82 Å². The lowest BCUT2D eigenvalue weighted by atomic mass is 10.1. The molecule has 0 aliphatic rings. The zero-order chi connectivity index (χ0) is 20.2. The van der Waals surface area contributed by atoms with Crippen molar-refractivity contribution in [3.63, 3.8) is 0 Å². The van der Waals surface area contributed by atoms with Gasteiger partial charge in [-0.3, -0.25) is 0 Å². The first-order valence-electron chi connectivity index (χ1n) is 8.79. The van der Waals surface area contributed by atoms with Crippen LogP contribution in [0.1, 0.15) is 11.5 Å². The molecular weight excluding hydrogens is 374 g/mol. The van der Waals surface area contributed by atoms with Gasteiger partial charge in [0, 0.05) is 5.56 Å². The third-order valence-electron chi connectivity index (χ3n) is 4.24. The highest BCUT2D eigenvalue weighted by molar-refractivity contribution is 5.93. The van der Waals surface area contributed by atoms with Crippen LogP contribution in [-0.4, -0.2) is 10.1 Å². The molecule has 0 radical (unpaired) electrons. The van der Waals surface area contributed by atoms with Gasteiger partial charge in [-0.2, -0.15) is 4.98 Å². The van der Waals surface area contributed by atoms with Crippen LogP contribution in [0.5, 0.6) is 0 Å². The van der Waals surface area contributed by atoms with Gasteiger partial charge in [-0.25, -0.2) is 8.78 Å². The van der Waals surface area contributed by atoms with E-state index in [0.717, 1.165) is 0 Å². The average molecular weight is 390 g/mol. The molecule has 0 spiro atoms. The largest absolute Gasteiger partial charge is 0.393 e. The second kappa shape index (κ2) is 7.93. The Kier molecular flexibility index (Phi) is 5.03. The number of hydrogen-bond acceptors (Lipinski definition) is 5. The molecule has 29 heavy (non-hydrogen) atoms. The summed E-state index contributed by atoms with van der Waals surface area (Å²) in [5, 5.41) is 6.83. The smallest absolute Gasteiger partial charge is 0.276 e. The van der Waals surface area contributed by atoms with E-state index < -0.39 is 11.6 Å². The van der Waals surface area contributed by atoms with Crippen molar-refractivity contribution in [2.45, 2.75) is 0 Å². The van der Waals surface area contributed by atoms with Crippen molar-refractivity contribution in [1.82, 2.24) is 10.1 Å². The Balaban J connectivity index is 1.79. The zero-order valence-electron chi connectivity index (χ0n) is 15.1. The molecule has 0 saturated carbocycles. The second-order valence-electron chi connectivity index (χ2n) is 6.16. The number of para-hydroxylation sites is 1. The van der Waals surface area contributed by atoms with Crippen molar-refractivity contribution in [1.29, 1.82) is 0 Å². The summed E-state index contributed by atoms with van der Waals surface area (Å²) >= 11 is 0. The highest BCUT2D eigenvalue weighted by Gasteiger charge is 2.18. The lowest BCUT2D eigenvalue weighted by Gasteiger charge is -2.14. The summed E-state index contributed by atoms with van der Waals surface area (Å²) in [6.07, 6.45) is 0. The van der Waals surface area contributed by atoms with Gasteiger partial charge in [0.1, 0.15) is 17.3 Å². The maximum absolute atomic E-state index is 14.2. The third kappa shape index (κ3) is 3.84. The maximum atomic E-state index is 14.2. The highest BCUT2D eigenvalue weighted by atomic mass is 19.1. The van der Waals surface area contributed by atoms with Gasteiger partial charge in [-0.15, -0.1) is 0 Å². The monoisotopic (exact) mass is 390 g/mol. The molecule has 5 nitrogen and oxygen atoms in total. The van der Waals surface area contributed by atoms with Crippen LogP contribution in [0.2, 0.25) is 0 Å². The Morgan fingerprint density at radius 2 is 1.48 bits per heavy atom. The van der Waals surface area contributed by atoms with Gasteiger partial charge in [-0.05, 0) is 24.3 Å². The van der Waals surface area contributed by atoms with Crippen LogP contribution in [-0.2, 0) is 0 Å². The molecule has 1 aromatic heterocycles. The third-order valence-corrected chi connectivity index (χ3v) is 4.24. The molecule has 7 heteroatoms. The van der Waals surface area contributed by atoms with E-state index in [1.165, 1.54) is 12.1 Å². The highest BCUT2D eigenvalue weighted by Crippen LogP contribution is 2.27. The predicted molar refractivity (Wildman–Crippen MR) is 107 cm³/mol. The number of aromatic nitrogens is 2. The Morgan fingerprint density at radius 1 is 0.828 bits per heavy atom. The van der Waals surface area contributed by atoms with E-state index in [4.69, 9.17) is 10.3 Å². The van der Waals surface area contributed by atoms with Crippen molar-refractivity contribution in [2.24, 2.45) is 5.73 Å². The van der Waals surface area contributed by atoms with E-state index in [1.807, 2.05) is 30.3 Å². The molecule has 0 aliphatic carbocycles. The molecule has 4 rings (SSSR count). The first-order chi connectivity index (χ1) is 14.1. The summed E-state index contributed by atoms with van der Waals surface area (Å²) in [7, 11) is 0. The van der Waals surface area contributed by atoms with E-state index in [-0.39, 0.29) is 28.7 Å². The first-order valence-corrected chi connectivity index (χ1v) is 8.79. The zero-order valence-corrected chi connectivity index (χ0v) is 15.1. The molecule has 144 valence electrons. The summed E-state index contributed by atoms with van der Waals surface area (Å²) in [6.45, 7) is 0. The van der Waals surface area contributed by atoms with Crippen LogP contribution in [0, 0.1) is 11.6 Å². The minimum absolute atomic E-state index is 0.00838. The van der Waals surface area contributed by atoms with E-state index in [0.29, 0.717) is 11.3 Å². The summed E-state index contributed by atoms with van der Waals surface area (Å²) in [5.74, 6) is -0.855. The Labute approximate surface area is 165 Å². The predicted octanol–water partition coefficient (Wildman–Crippen LogP) is 4.91. The number of nitrogens with zero attached hydrogens (tertiary/aromatic N) is 2. The Hall–Kier alpha value is -4.00. The number of rotatable bonds is 5. The lowest BCUT2D eigenvalue weighted by molar-refractivity contribution is 0.407. The molecule has 3 aromatic carbocycles. The van der Waals surface area contributed by atoms with Crippen LogP contribution < -0.4 is 11.1 Å². The van der Waals surface area contributed by atoms with E-state index in [1.54, 1.807) is 36.4 Å². The fourth-order valence-corrected chi connectivity index (χ4v) is 2.79. The van der Waals surface area contributed by atoms with Crippen molar-refractivity contribution < 1.29 is 13.3 Å². The minimum Gasteiger partial charge on any atom is -0.393 e. The van der Waals surface area contributed by atoms with Gasteiger partial charge >= 0.3 is 0 Å². The maximum Gasteiger partial charge on any atom is 0.276 e. The summed E-state index contributed by atoms with van der Waals surface area (Å²) in [6, 6.07) is 21.4. The Bertz CT molecular complexity index is 1170. The molecule has 0 unspecified atom stereocenters. The van der Waals surface area contributed by atoms with Crippen LogP contribution in [0.4, 0.5) is 14.5 Å². The fraction of sp³-hybridized carbons (Fsp3) is 0. The molecular formula is C22H16F2N4O. The minimum atomic E-state index is -0.477. The molecule has 0 amide bonds. The number of hydrogen-bond donors (Lipinski definition) is 2. The molecule has 0 bridgehead atoms. The van der Waals surface area contributed by atoms with Gasteiger partial charge in [-0.1, -0.05) is 59.8 Å². The fourth-order valence-electron chi connectivity index (χ4n) is 2.79. The quantitative estimate of drug-likeness (QED) is 0.506. The molecule has 1 heterocycles. The number of nitrogens with one attached hydrogen (secondary N) is 1. The summed E-state index contributed by atoms with van der Waals surface area (Å²) < 4.78 is 33.5. The van der Waals surface area contributed by atoms with E-state index in [9.17, 15) is 8.78 Å². The summed E-state index contributed by atoms with van der Waals surface area (Å²) in [4.78, 5) is 4.22. The van der Waals surface area contributed by atoms with Gasteiger partial charge in [0.15, 0.2) is 0 Å². The van der Waals surface area contributed by atoms with Gasteiger partial charge < -0.3 is 15.6 Å². The Morgan fingerprint density at radius 3 is 2.21 bits per heavy atom. The van der Waals surface area contributed by atoms with Crippen LogP contribution in [0.15, 0.2) is 83.4 Å². The van der Waals surface area contributed by atoms with E-state index >= 15 is 0 Å². The average Bonchev–Trinajstić information content (AvgIpc) is 3.24. The molecule has 4 aromatic rings. The van der Waals surface area contributed by atoms with Gasteiger partial charge in [0.25, 0.3) is 5.89 Å². The van der Waals surface area contributed by atoms with Crippen molar-refractivity contribution in [2.75, 3.05) is 5.32 Å². The molecule has 3 N–H and O–H groups in total. The van der Waals surface area contributed by atoms with Crippen LogP contribution >= 0.6 is 0 Å². The summed E-state index contributed by atoms with van der Waals surface area (Å²) in [5.41, 5.74) is 7.92. The van der Waals surface area contributed by atoms with Crippen molar-refractivity contribution in [3.8, 4) is 11.4 Å². The molecule has 0 atom stereocenters. The number of anilines is 1. The lowest BCUT2D eigenvalue weighted by Crippen LogP contribution is -2.09. The van der Waals surface area contributed by atoms with Gasteiger partial charge in [0.05, 0.1) is 16.9 Å². The van der Waals surface area contributed by atoms with E-state index in [2.05, 4.69) is 15.5 Å². The van der Waals surface area contributed by atoms with Crippen LogP contribution in [0.25, 0.3) is 22.8 Å². The van der Waals surface area contributed by atoms with Crippen molar-refractivity contribution >= 4 is 17.1 Å². The molecule has 0 fully saturated rings. The number of halogens is 2.